The summed E-state index contributed by atoms with van der Waals surface area (Å²) in [5, 5.41) is 4.08. The van der Waals surface area contributed by atoms with E-state index in [4.69, 9.17) is 8.94 Å². The summed E-state index contributed by atoms with van der Waals surface area (Å²) in [5.74, 6) is 2.83. The van der Waals surface area contributed by atoms with Crippen LogP contribution in [0.1, 0.15) is 59.6 Å². The van der Waals surface area contributed by atoms with Crippen LogP contribution in [0.3, 0.4) is 0 Å². The van der Waals surface area contributed by atoms with Crippen molar-refractivity contribution in [2.45, 2.75) is 44.9 Å². The van der Waals surface area contributed by atoms with E-state index < -0.39 is 0 Å². The van der Waals surface area contributed by atoms with Crippen molar-refractivity contribution in [2.75, 3.05) is 13.1 Å². The molecule has 1 saturated carbocycles. The zero-order valence-corrected chi connectivity index (χ0v) is 14.2. The van der Waals surface area contributed by atoms with Gasteiger partial charge in [0.05, 0.1) is 0 Å². The fourth-order valence-electron chi connectivity index (χ4n) is 3.31. The van der Waals surface area contributed by atoms with Gasteiger partial charge in [0.2, 0.25) is 5.89 Å². The van der Waals surface area contributed by atoms with E-state index in [9.17, 15) is 9.59 Å². The monoisotopic (exact) mass is 343 g/mol. The van der Waals surface area contributed by atoms with Gasteiger partial charge in [-0.2, -0.15) is 4.98 Å². The maximum atomic E-state index is 12.5. The second kappa shape index (κ2) is 6.46. The number of aryl methyl sites for hydroxylation is 1. The highest BCUT2D eigenvalue weighted by Crippen LogP contribution is 2.39. The Balaban J connectivity index is 1.34. The fraction of sp³-hybridized carbons (Fsp3) is 0.556. The molecule has 7 heteroatoms. The van der Waals surface area contributed by atoms with Crippen LogP contribution >= 0.6 is 0 Å². The van der Waals surface area contributed by atoms with E-state index in [-0.39, 0.29) is 17.1 Å². The van der Waals surface area contributed by atoms with Crippen LogP contribution in [-0.4, -0.2) is 34.0 Å². The molecule has 1 amide bonds. The first-order valence-corrected chi connectivity index (χ1v) is 8.82. The van der Waals surface area contributed by atoms with Gasteiger partial charge in [0, 0.05) is 37.6 Å². The largest absolute Gasteiger partial charge is 0.456 e. The highest BCUT2D eigenvalue weighted by atomic mass is 16.5. The first-order chi connectivity index (χ1) is 12.1. The molecule has 0 radical (unpaired) electrons. The molecule has 0 N–H and O–H groups in total. The molecule has 0 aromatic carbocycles. The summed E-state index contributed by atoms with van der Waals surface area (Å²) in [5.41, 5.74) is -0.203. The van der Waals surface area contributed by atoms with Gasteiger partial charge in [-0.25, -0.2) is 0 Å². The topological polar surface area (TPSA) is 89.4 Å². The van der Waals surface area contributed by atoms with Gasteiger partial charge in [-0.1, -0.05) is 5.16 Å². The Hall–Kier alpha value is -2.44. The highest BCUT2D eigenvalue weighted by molar-refractivity contribution is 5.91. The number of amides is 1. The van der Waals surface area contributed by atoms with E-state index in [0.717, 1.165) is 43.8 Å². The van der Waals surface area contributed by atoms with Crippen molar-refractivity contribution >= 4 is 5.91 Å². The lowest BCUT2D eigenvalue weighted by atomic mass is 9.93. The summed E-state index contributed by atoms with van der Waals surface area (Å²) >= 11 is 0. The summed E-state index contributed by atoms with van der Waals surface area (Å²) in [4.78, 5) is 30.3. The Morgan fingerprint density at radius 1 is 1.24 bits per heavy atom. The third kappa shape index (κ3) is 3.65. The molecule has 0 bridgehead atoms. The SMILES string of the molecule is Cc1cc(=O)cc(C(=O)N2CCC(Cc3noc(C4CC4)n3)CC2)o1. The summed E-state index contributed by atoms with van der Waals surface area (Å²) in [6.07, 6.45) is 4.86. The molecule has 2 aliphatic rings. The molecule has 1 aliphatic carbocycles. The van der Waals surface area contributed by atoms with Crippen molar-refractivity contribution in [1.29, 1.82) is 0 Å². The smallest absolute Gasteiger partial charge is 0.289 e. The van der Waals surface area contributed by atoms with Crippen LogP contribution in [0.15, 0.2) is 25.9 Å². The molecule has 0 atom stereocenters. The van der Waals surface area contributed by atoms with Gasteiger partial charge in [-0.15, -0.1) is 0 Å². The maximum Gasteiger partial charge on any atom is 0.289 e. The number of likely N-dealkylation sites (tertiary alicyclic amines) is 1. The molecule has 25 heavy (non-hydrogen) atoms. The van der Waals surface area contributed by atoms with E-state index in [0.29, 0.717) is 30.7 Å². The Kier molecular flexibility index (Phi) is 4.15. The van der Waals surface area contributed by atoms with Crippen LogP contribution in [0.4, 0.5) is 0 Å². The number of piperidine rings is 1. The van der Waals surface area contributed by atoms with E-state index in [2.05, 4.69) is 10.1 Å². The molecule has 2 aromatic rings. The molecular weight excluding hydrogens is 322 g/mol. The highest BCUT2D eigenvalue weighted by Gasteiger charge is 2.31. The summed E-state index contributed by atoms with van der Waals surface area (Å²) in [6.45, 7) is 2.97. The van der Waals surface area contributed by atoms with Gasteiger partial charge in [0.1, 0.15) is 5.76 Å². The number of hydrogen-bond acceptors (Lipinski definition) is 6. The Labute approximate surface area is 145 Å². The standard InChI is InChI=1S/C18H21N3O4/c1-11-8-14(22)10-15(24-11)18(23)21-6-4-12(5-7-21)9-16-19-17(25-20-16)13-2-3-13/h8,10,12-13H,2-7,9H2,1H3. The average Bonchev–Trinajstić information content (AvgIpc) is 3.34. The first kappa shape index (κ1) is 16.1. The molecule has 2 aromatic heterocycles. The van der Waals surface area contributed by atoms with Crippen molar-refractivity contribution in [3.63, 3.8) is 0 Å². The fourth-order valence-corrected chi connectivity index (χ4v) is 3.31. The zero-order chi connectivity index (χ0) is 17.4. The molecule has 2 fully saturated rings. The lowest BCUT2D eigenvalue weighted by Crippen LogP contribution is -2.39. The second-order valence-corrected chi connectivity index (χ2v) is 7.03. The number of carbonyl (C=O) groups excluding carboxylic acids is 1. The van der Waals surface area contributed by atoms with Crippen molar-refractivity contribution in [3.8, 4) is 0 Å². The minimum absolute atomic E-state index is 0.121. The van der Waals surface area contributed by atoms with Crippen LogP contribution in [-0.2, 0) is 6.42 Å². The minimum Gasteiger partial charge on any atom is -0.456 e. The van der Waals surface area contributed by atoms with E-state index in [1.54, 1.807) is 11.8 Å². The lowest BCUT2D eigenvalue weighted by molar-refractivity contribution is 0.0653. The van der Waals surface area contributed by atoms with Gasteiger partial charge >= 0.3 is 0 Å². The first-order valence-electron chi connectivity index (χ1n) is 8.82. The molecule has 7 nitrogen and oxygen atoms in total. The predicted molar refractivity (Wildman–Crippen MR) is 88.3 cm³/mol. The number of rotatable bonds is 4. The summed E-state index contributed by atoms with van der Waals surface area (Å²) < 4.78 is 10.7. The van der Waals surface area contributed by atoms with Crippen molar-refractivity contribution in [2.24, 2.45) is 5.92 Å². The number of aromatic nitrogens is 2. The van der Waals surface area contributed by atoms with Gasteiger partial charge < -0.3 is 13.8 Å². The molecule has 132 valence electrons. The van der Waals surface area contributed by atoms with Gasteiger partial charge in [0.25, 0.3) is 5.91 Å². The predicted octanol–water partition coefficient (Wildman–Crippen LogP) is 2.30. The Morgan fingerprint density at radius 3 is 2.68 bits per heavy atom. The number of nitrogens with zero attached hydrogens (tertiary/aromatic N) is 3. The van der Waals surface area contributed by atoms with Crippen molar-refractivity contribution < 1.29 is 13.7 Å². The average molecular weight is 343 g/mol. The maximum absolute atomic E-state index is 12.5. The summed E-state index contributed by atoms with van der Waals surface area (Å²) in [7, 11) is 0. The Morgan fingerprint density at radius 2 is 2.00 bits per heavy atom. The molecule has 3 heterocycles. The van der Waals surface area contributed by atoms with E-state index in [1.165, 1.54) is 12.1 Å². The van der Waals surface area contributed by atoms with Gasteiger partial charge in [-0.05, 0) is 38.5 Å². The van der Waals surface area contributed by atoms with Crippen molar-refractivity contribution in [1.82, 2.24) is 15.0 Å². The second-order valence-electron chi connectivity index (χ2n) is 7.03. The molecule has 1 saturated heterocycles. The van der Waals surface area contributed by atoms with Crippen LogP contribution in [0.25, 0.3) is 0 Å². The van der Waals surface area contributed by atoms with E-state index in [1.807, 2.05) is 0 Å². The summed E-state index contributed by atoms with van der Waals surface area (Å²) in [6, 6.07) is 2.64. The van der Waals surface area contributed by atoms with Gasteiger partial charge in [0.15, 0.2) is 17.0 Å². The van der Waals surface area contributed by atoms with E-state index >= 15 is 0 Å². The lowest BCUT2D eigenvalue weighted by Gasteiger charge is -2.31. The number of carbonyl (C=O) groups is 1. The van der Waals surface area contributed by atoms with Crippen LogP contribution in [0, 0.1) is 12.8 Å². The normalized spacial score (nSPS) is 18.5. The molecule has 0 unspecified atom stereocenters. The molecule has 4 rings (SSSR count). The van der Waals surface area contributed by atoms with Crippen LogP contribution < -0.4 is 5.43 Å². The Bertz CT molecular complexity index is 829. The third-order valence-corrected chi connectivity index (χ3v) is 4.88. The van der Waals surface area contributed by atoms with Crippen LogP contribution in [0.5, 0.6) is 0 Å². The van der Waals surface area contributed by atoms with Crippen molar-refractivity contribution in [3.05, 3.63) is 45.6 Å². The number of hydrogen-bond donors (Lipinski definition) is 0. The molecule has 0 spiro atoms. The quantitative estimate of drug-likeness (QED) is 0.846. The zero-order valence-electron chi connectivity index (χ0n) is 14.2. The molecule has 1 aliphatic heterocycles. The van der Waals surface area contributed by atoms with Crippen LogP contribution in [0.2, 0.25) is 0 Å². The molecular formula is C18H21N3O4. The van der Waals surface area contributed by atoms with Gasteiger partial charge in [-0.3, -0.25) is 9.59 Å². The minimum atomic E-state index is -0.213. The third-order valence-electron chi connectivity index (χ3n) is 4.88.